The molecule has 0 bridgehead atoms. The predicted molar refractivity (Wildman–Crippen MR) is 149 cm³/mol. The molecule has 0 radical (unpaired) electrons. The van der Waals surface area contributed by atoms with Crippen LogP contribution in [0.4, 0.5) is 11.4 Å². The molecular formula is C27H22Cl2N4O3S. The van der Waals surface area contributed by atoms with Crippen LogP contribution in [0.15, 0.2) is 83.4 Å². The van der Waals surface area contributed by atoms with Crippen LogP contribution in [0.2, 0.25) is 10.0 Å². The van der Waals surface area contributed by atoms with Gasteiger partial charge in [0.05, 0.1) is 16.8 Å². The van der Waals surface area contributed by atoms with E-state index in [9.17, 15) is 4.79 Å². The predicted octanol–water partition coefficient (Wildman–Crippen LogP) is 6.41. The summed E-state index contributed by atoms with van der Waals surface area (Å²) < 4.78 is 11.2. The van der Waals surface area contributed by atoms with Crippen LogP contribution in [0.3, 0.4) is 0 Å². The molecule has 37 heavy (non-hydrogen) atoms. The number of nitrogens with zero attached hydrogens (tertiary/aromatic N) is 2. The van der Waals surface area contributed by atoms with Crippen LogP contribution in [-0.2, 0) is 9.53 Å². The molecule has 188 valence electrons. The van der Waals surface area contributed by atoms with Gasteiger partial charge in [-0.3, -0.25) is 9.78 Å². The van der Waals surface area contributed by atoms with Gasteiger partial charge in [-0.15, -0.1) is 0 Å². The summed E-state index contributed by atoms with van der Waals surface area (Å²) in [6.45, 7) is -0.0197. The largest absolute Gasteiger partial charge is 0.459 e. The summed E-state index contributed by atoms with van der Waals surface area (Å²) >= 11 is 18.3. The first-order chi connectivity index (χ1) is 17.9. The molecule has 1 saturated heterocycles. The summed E-state index contributed by atoms with van der Waals surface area (Å²) in [6, 6.07) is 21.7. The van der Waals surface area contributed by atoms with Crippen molar-refractivity contribution in [3.05, 3.63) is 100 Å². The number of nitrogens with one attached hydrogen (secondary N) is 2. The Hall–Kier alpha value is -3.43. The highest BCUT2D eigenvalue weighted by Gasteiger charge is 2.42. The van der Waals surface area contributed by atoms with Gasteiger partial charge < -0.3 is 24.7 Å². The molecule has 0 spiro atoms. The lowest BCUT2D eigenvalue weighted by Gasteiger charge is -2.26. The molecule has 1 aliphatic rings. The maximum atomic E-state index is 11.9. The van der Waals surface area contributed by atoms with E-state index in [1.54, 1.807) is 18.3 Å². The molecule has 2 aromatic heterocycles. The van der Waals surface area contributed by atoms with Gasteiger partial charge in [0.1, 0.15) is 24.2 Å². The SMILES string of the molecule is COCC(=O)Nc1ccc(N2C(=S)N[C@H](c3ccccn3)[C@H]2c2ccc(-c3ccc(Cl)cc3Cl)o2)cc1. The molecule has 4 aromatic rings. The average Bonchev–Trinajstić information content (AvgIpc) is 3.50. The van der Waals surface area contributed by atoms with E-state index in [0.29, 0.717) is 32.4 Å². The molecule has 0 aliphatic carbocycles. The fourth-order valence-electron chi connectivity index (χ4n) is 4.30. The van der Waals surface area contributed by atoms with E-state index in [0.717, 1.165) is 16.9 Å². The second kappa shape index (κ2) is 10.9. The molecule has 0 saturated carbocycles. The third kappa shape index (κ3) is 5.33. The molecule has 3 heterocycles. The molecule has 1 fully saturated rings. The molecule has 0 unspecified atom stereocenters. The lowest BCUT2D eigenvalue weighted by Crippen LogP contribution is -2.29. The Balaban J connectivity index is 1.52. The number of benzene rings is 2. The van der Waals surface area contributed by atoms with Gasteiger partial charge in [-0.05, 0) is 78.9 Å². The molecule has 5 rings (SSSR count). The van der Waals surface area contributed by atoms with Crippen LogP contribution in [-0.4, -0.2) is 29.7 Å². The third-order valence-corrected chi connectivity index (χ3v) is 6.78. The zero-order valence-electron chi connectivity index (χ0n) is 19.7. The number of furan rings is 1. The second-order valence-corrected chi connectivity index (χ2v) is 9.58. The number of hydrogen-bond acceptors (Lipinski definition) is 5. The quantitative estimate of drug-likeness (QED) is 0.256. The van der Waals surface area contributed by atoms with Crippen LogP contribution < -0.4 is 15.5 Å². The highest BCUT2D eigenvalue weighted by Crippen LogP contribution is 2.43. The number of rotatable bonds is 7. The molecule has 10 heteroatoms. The van der Waals surface area contributed by atoms with Crippen molar-refractivity contribution in [1.82, 2.24) is 10.3 Å². The third-order valence-electron chi connectivity index (χ3n) is 5.92. The Morgan fingerprint density at radius 3 is 2.65 bits per heavy atom. The van der Waals surface area contributed by atoms with Gasteiger partial charge in [-0.1, -0.05) is 29.3 Å². The smallest absolute Gasteiger partial charge is 0.250 e. The minimum Gasteiger partial charge on any atom is -0.459 e. The molecule has 2 N–H and O–H groups in total. The van der Waals surface area contributed by atoms with Crippen molar-refractivity contribution in [3.8, 4) is 11.3 Å². The first-order valence-corrected chi connectivity index (χ1v) is 12.6. The van der Waals surface area contributed by atoms with E-state index in [1.165, 1.54) is 7.11 Å². The highest BCUT2D eigenvalue weighted by molar-refractivity contribution is 7.80. The van der Waals surface area contributed by atoms with Gasteiger partial charge in [0.15, 0.2) is 5.11 Å². The Kier molecular flexibility index (Phi) is 7.43. The van der Waals surface area contributed by atoms with Crippen molar-refractivity contribution in [2.75, 3.05) is 23.9 Å². The Morgan fingerprint density at radius 2 is 1.95 bits per heavy atom. The zero-order valence-corrected chi connectivity index (χ0v) is 22.0. The maximum Gasteiger partial charge on any atom is 0.250 e. The van der Waals surface area contributed by atoms with Gasteiger partial charge >= 0.3 is 0 Å². The van der Waals surface area contributed by atoms with Crippen molar-refractivity contribution in [2.45, 2.75) is 12.1 Å². The zero-order chi connectivity index (χ0) is 25.9. The van der Waals surface area contributed by atoms with Crippen LogP contribution in [0.5, 0.6) is 0 Å². The van der Waals surface area contributed by atoms with Crippen molar-refractivity contribution >= 4 is 57.8 Å². The number of methoxy groups -OCH3 is 1. The summed E-state index contributed by atoms with van der Waals surface area (Å²) in [5.41, 5.74) is 3.04. The number of aromatic nitrogens is 1. The normalized spacial score (nSPS) is 17.1. The van der Waals surface area contributed by atoms with Gasteiger partial charge in [0, 0.05) is 35.3 Å². The lowest BCUT2D eigenvalue weighted by atomic mass is 10.0. The minimum atomic E-state index is -0.337. The van der Waals surface area contributed by atoms with Crippen LogP contribution in [0.1, 0.15) is 23.5 Å². The summed E-state index contributed by atoms with van der Waals surface area (Å²) in [5.74, 6) is 1.07. The van der Waals surface area contributed by atoms with Crippen molar-refractivity contribution in [1.29, 1.82) is 0 Å². The molecule has 1 aliphatic heterocycles. The number of pyridine rings is 1. The number of ether oxygens (including phenoxy) is 1. The van der Waals surface area contributed by atoms with Crippen LogP contribution in [0, 0.1) is 0 Å². The van der Waals surface area contributed by atoms with Gasteiger partial charge in [0.25, 0.3) is 0 Å². The Bertz CT molecular complexity index is 1430. The molecule has 2 atom stereocenters. The summed E-state index contributed by atoms with van der Waals surface area (Å²) in [7, 11) is 1.48. The van der Waals surface area contributed by atoms with E-state index in [1.807, 2.05) is 65.6 Å². The Morgan fingerprint density at radius 1 is 1.14 bits per heavy atom. The topological polar surface area (TPSA) is 79.6 Å². The van der Waals surface area contributed by atoms with E-state index in [2.05, 4.69) is 15.6 Å². The lowest BCUT2D eigenvalue weighted by molar-refractivity contribution is -0.119. The summed E-state index contributed by atoms with van der Waals surface area (Å²) in [6.07, 6.45) is 1.75. The monoisotopic (exact) mass is 552 g/mol. The van der Waals surface area contributed by atoms with Crippen molar-refractivity contribution < 1.29 is 13.9 Å². The summed E-state index contributed by atoms with van der Waals surface area (Å²) in [4.78, 5) is 18.4. The van der Waals surface area contributed by atoms with E-state index in [-0.39, 0.29) is 24.6 Å². The average molecular weight is 553 g/mol. The number of amides is 1. The van der Waals surface area contributed by atoms with Gasteiger partial charge in [-0.2, -0.15) is 0 Å². The fraction of sp³-hybridized carbons (Fsp3) is 0.148. The summed E-state index contributed by atoms with van der Waals surface area (Å²) in [5, 5.41) is 7.78. The van der Waals surface area contributed by atoms with Crippen molar-refractivity contribution in [3.63, 3.8) is 0 Å². The number of anilines is 2. The fourth-order valence-corrected chi connectivity index (χ4v) is 5.15. The molecule has 1 amide bonds. The van der Waals surface area contributed by atoms with Gasteiger partial charge in [0.2, 0.25) is 5.91 Å². The van der Waals surface area contributed by atoms with Crippen molar-refractivity contribution in [2.24, 2.45) is 0 Å². The maximum absolute atomic E-state index is 11.9. The second-order valence-electron chi connectivity index (χ2n) is 8.35. The van der Waals surface area contributed by atoms with E-state index in [4.69, 9.17) is 44.6 Å². The van der Waals surface area contributed by atoms with E-state index < -0.39 is 0 Å². The number of hydrogen-bond donors (Lipinski definition) is 2. The molecule has 7 nitrogen and oxygen atoms in total. The molecular weight excluding hydrogens is 531 g/mol. The first-order valence-electron chi connectivity index (χ1n) is 11.4. The highest BCUT2D eigenvalue weighted by atomic mass is 35.5. The van der Waals surface area contributed by atoms with Gasteiger partial charge in [-0.25, -0.2) is 0 Å². The van der Waals surface area contributed by atoms with Crippen LogP contribution >= 0.6 is 35.4 Å². The standard InChI is InChI=1S/C27H22Cl2N4O3S/c1-35-15-24(34)31-17-6-8-18(9-7-17)33-26(25(32-27(33)37)21-4-2-3-13-30-21)23-12-11-22(36-23)19-10-5-16(28)14-20(19)29/h2-14,25-26H,15H2,1H3,(H,31,34)(H,32,37)/t25-,26-/m1/s1. The minimum absolute atomic E-state index is 0.0197. The number of thiocarbonyl (C=S) groups is 1. The Labute approximate surface area is 229 Å². The van der Waals surface area contributed by atoms with Crippen LogP contribution in [0.25, 0.3) is 11.3 Å². The number of carbonyl (C=O) groups excluding carboxylic acids is 1. The number of halogens is 2. The van der Waals surface area contributed by atoms with E-state index >= 15 is 0 Å². The molecule has 2 aromatic carbocycles. The number of carbonyl (C=O) groups is 1. The first kappa shape index (κ1) is 25.2.